The van der Waals surface area contributed by atoms with Crippen LogP contribution in [0, 0.1) is 18.8 Å². The molecule has 3 atom stereocenters. The predicted octanol–water partition coefficient (Wildman–Crippen LogP) is 5.11. The fourth-order valence-electron chi connectivity index (χ4n) is 3.69. The van der Waals surface area contributed by atoms with E-state index in [1.54, 1.807) is 6.07 Å². The molecular weight excluding hydrogens is 424 g/mol. The van der Waals surface area contributed by atoms with Crippen molar-refractivity contribution in [3.8, 4) is 0 Å². The van der Waals surface area contributed by atoms with E-state index in [0.29, 0.717) is 24.9 Å². The van der Waals surface area contributed by atoms with Crippen molar-refractivity contribution in [3.05, 3.63) is 66.2 Å². The molecule has 6 nitrogen and oxygen atoms in total. The van der Waals surface area contributed by atoms with E-state index in [0.717, 1.165) is 16.1 Å². The molecule has 2 aromatic rings. The topological polar surface area (TPSA) is 95.5 Å². The number of amides is 2. The Morgan fingerprint density at radius 2 is 1.66 bits per heavy atom. The van der Waals surface area contributed by atoms with Crippen LogP contribution in [0.4, 0.5) is 11.4 Å². The first-order chi connectivity index (χ1) is 15.4. The van der Waals surface area contributed by atoms with Gasteiger partial charge in [0, 0.05) is 16.3 Å². The van der Waals surface area contributed by atoms with E-state index in [9.17, 15) is 19.5 Å². The minimum absolute atomic E-state index is 0.0733. The van der Waals surface area contributed by atoms with Gasteiger partial charge in [0.05, 0.1) is 17.1 Å². The fourth-order valence-corrected chi connectivity index (χ4v) is 4.70. The lowest BCUT2D eigenvalue weighted by Gasteiger charge is -2.24. The summed E-state index contributed by atoms with van der Waals surface area (Å²) in [6.07, 6.45) is 5.08. The van der Waals surface area contributed by atoms with Crippen molar-refractivity contribution in [2.75, 3.05) is 10.6 Å². The first kappa shape index (κ1) is 23.6. The summed E-state index contributed by atoms with van der Waals surface area (Å²) in [4.78, 5) is 37.8. The average molecular weight is 453 g/mol. The SMILES string of the molecule is CCC(Sc1cccc(NC(=O)C2CC=CCC2C(=O)O)c1)C(=O)Nc1cccc(C)c1. The highest BCUT2D eigenvalue weighted by molar-refractivity contribution is 8.00. The Kier molecular flexibility index (Phi) is 8.11. The van der Waals surface area contributed by atoms with E-state index in [2.05, 4.69) is 10.6 Å². The summed E-state index contributed by atoms with van der Waals surface area (Å²) in [6, 6.07) is 15.0. The number of thioether (sulfide) groups is 1. The molecule has 0 heterocycles. The van der Waals surface area contributed by atoms with Gasteiger partial charge in [-0.2, -0.15) is 0 Å². The Morgan fingerprint density at radius 3 is 2.31 bits per heavy atom. The van der Waals surface area contributed by atoms with E-state index in [1.807, 2.05) is 68.5 Å². The zero-order chi connectivity index (χ0) is 23.1. The number of aryl methyl sites for hydroxylation is 1. The fraction of sp³-hybridized carbons (Fsp3) is 0.320. The number of rotatable bonds is 8. The quantitative estimate of drug-likeness (QED) is 0.382. The molecular formula is C25H28N2O4S. The van der Waals surface area contributed by atoms with Crippen LogP contribution >= 0.6 is 11.8 Å². The van der Waals surface area contributed by atoms with Gasteiger partial charge >= 0.3 is 5.97 Å². The van der Waals surface area contributed by atoms with Crippen LogP contribution < -0.4 is 10.6 Å². The van der Waals surface area contributed by atoms with E-state index in [1.165, 1.54) is 11.8 Å². The lowest BCUT2D eigenvalue weighted by atomic mass is 9.82. The summed E-state index contributed by atoms with van der Waals surface area (Å²) >= 11 is 1.43. The second-order valence-corrected chi connectivity index (χ2v) is 9.16. The molecule has 2 amide bonds. The molecule has 0 saturated carbocycles. The number of hydrogen-bond acceptors (Lipinski definition) is 4. The summed E-state index contributed by atoms with van der Waals surface area (Å²) in [7, 11) is 0. The van der Waals surface area contributed by atoms with Crippen LogP contribution in [-0.2, 0) is 14.4 Å². The van der Waals surface area contributed by atoms with Crippen LogP contribution in [0.25, 0.3) is 0 Å². The molecule has 0 radical (unpaired) electrons. The molecule has 32 heavy (non-hydrogen) atoms. The molecule has 0 aromatic heterocycles. The van der Waals surface area contributed by atoms with Crippen LogP contribution in [0.1, 0.15) is 31.7 Å². The molecule has 7 heteroatoms. The molecule has 168 valence electrons. The van der Waals surface area contributed by atoms with Crippen molar-refractivity contribution in [1.82, 2.24) is 0 Å². The molecule has 2 aromatic carbocycles. The van der Waals surface area contributed by atoms with Gasteiger partial charge in [0.2, 0.25) is 11.8 Å². The normalized spacial score (nSPS) is 18.6. The first-order valence-corrected chi connectivity index (χ1v) is 11.6. The van der Waals surface area contributed by atoms with Crippen LogP contribution in [0.2, 0.25) is 0 Å². The Balaban J connectivity index is 1.65. The Labute approximate surface area is 192 Å². The maximum atomic E-state index is 12.8. The highest BCUT2D eigenvalue weighted by atomic mass is 32.2. The van der Waals surface area contributed by atoms with Gasteiger partial charge in [-0.25, -0.2) is 0 Å². The molecule has 3 unspecified atom stereocenters. The highest BCUT2D eigenvalue weighted by Crippen LogP contribution is 2.30. The third-order valence-corrected chi connectivity index (χ3v) is 6.77. The maximum absolute atomic E-state index is 12.8. The predicted molar refractivity (Wildman–Crippen MR) is 128 cm³/mol. The number of carboxylic acid groups (broad SMARTS) is 1. The molecule has 0 saturated heterocycles. The lowest BCUT2D eigenvalue weighted by molar-refractivity contribution is -0.146. The number of nitrogens with one attached hydrogen (secondary N) is 2. The van der Waals surface area contributed by atoms with Crippen LogP contribution in [0.3, 0.4) is 0 Å². The van der Waals surface area contributed by atoms with Crippen molar-refractivity contribution in [2.45, 2.75) is 43.3 Å². The first-order valence-electron chi connectivity index (χ1n) is 10.7. The van der Waals surface area contributed by atoms with Gasteiger partial charge in [-0.05, 0) is 62.1 Å². The second kappa shape index (κ2) is 11.0. The van der Waals surface area contributed by atoms with Gasteiger partial charge in [-0.15, -0.1) is 11.8 Å². The van der Waals surface area contributed by atoms with Crippen molar-refractivity contribution in [3.63, 3.8) is 0 Å². The summed E-state index contributed by atoms with van der Waals surface area (Å²) < 4.78 is 0. The summed E-state index contributed by atoms with van der Waals surface area (Å²) in [5.41, 5.74) is 2.43. The van der Waals surface area contributed by atoms with Crippen LogP contribution in [0.5, 0.6) is 0 Å². The largest absolute Gasteiger partial charge is 0.481 e. The minimum Gasteiger partial charge on any atom is -0.481 e. The van der Waals surface area contributed by atoms with Crippen LogP contribution in [-0.4, -0.2) is 28.1 Å². The molecule has 0 fully saturated rings. The molecule has 1 aliphatic rings. The second-order valence-electron chi connectivity index (χ2n) is 7.88. The zero-order valence-corrected chi connectivity index (χ0v) is 19.0. The maximum Gasteiger partial charge on any atom is 0.307 e. The third kappa shape index (κ3) is 6.23. The van der Waals surface area contributed by atoms with Gasteiger partial charge < -0.3 is 15.7 Å². The monoisotopic (exact) mass is 452 g/mol. The minimum atomic E-state index is -0.954. The standard InChI is InChI=1S/C25H28N2O4S/c1-3-22(24(29)27-17-9-6-8-16(2)14-17)32-19-11-7-10-18(15-19)26-23(28)20-12-4-5-13-21(20)25(30)31/h4-11,14-15,20-22H,3,12-13H2,1-2H3,(H,26,28)(H,27,29)(H,30,31). The Morgan fingerprint density at radius 1 is 1.00 bits per heavy atom. The summed E-state index contributed by atoms with van der Waals surface area (Å²) in [5.74, 6) is -2.64. The Hall–Kier alpha value is -3.06. The number of anilines is 2. The molecule has 1 aliphatic carbocycles. The average Bonchev–Trinajstić information content (AvgIpc) is 2.77. The molecule has 0 bridgehead atoms. The van der Waals surface area contributed by atoms with Gasteiger partial charge in [-0.1, -0.05) is 37.3 Å². The van der Waals surface area contributed by atoms with E-state index >= 15 is 0 Å². The molecule has 3 rings (SSSR count). The van der Waals surface area contributed by atoms with Crippen molar-refractivity contribution < 1.29 is 19.5 Å². The third-order valence-electron chi connectivity index (χ3n) is 5.42. The summed E-state index contributed by atoms with van der Waals surface area (Å²) in [5, 5.41) is 14.9. The number of carbonyl (C=O) groups is 3. The van der Waals surface area contributed by atoms with Crippen molar-refractivity contribution >= 4 is 40.9 Å². The van der Waals surface area contributed by atoms with Gasteiger partial charge in [0.15, 0.2) is 0 Å². The number of hydrogen-bond donors (Lipinski definition) is 3. The molecule has 3 N–H and O–H groups in total. The van der Waals surface area contributed by atoms with Crippen molar-refractivity contribution in [1.29, 1.82) is 0 Å². The van der Waals surface area contributed by atoms with Gasteiger partial charge in [-0.3, -0.25) is 14.4 Å². The molecule has 0 spiro atoms. The van der Waals surface area contributed by atoms with E-state index in [4.69, 9.17) is 0 Å². The molecule has 0 aliphatic heterocycles. The number of carbonyl (C=O) groups excluding carboxylic acids is 2. The van der Waals surface area contributed by atoms with Crippen LogP contribution in [0.15, 0.2) is 65.6 Å². The summed E-state index contributed by atoms with van der Waals surface area (Å²) in [6.45, 7) is 3.94. The van der Waals surface area contributed by atoms with Gasteiger partial charge in [0.25, 0.3) is 0 Å². The number of allylic oxidation sites excluding steroid dienone is 2. The smallest absolute Gasteiger partial charge is 0.307 e. The Bertz CT molecular complexity index is 1020. The zero-order valence-electron chi connectivity index (χ0n) is 18.2. The lowest BCUT2D eigenvalue weighted by Crippen LogP contribution is -2.34. The number of aliphatic carboxylic acids is 1. The van der Waals surface area contributed by atoms with E-state index < -0.39 is 17.8 Å². The number of benzene rings is 2. The van der Waals surface area contributed by atoms with Gasteiger partial charge in [0.1, 0.15) is 0 Å². The number of carboxylic acids is 1. The van der Waals surface area contributed by atoms with Crippen molar-refractivity contribution in [2.24, 2.45) is 11.8 Å². The van der Waals surface area contributed by atoms with E-state index in [-0.39, 0.29) is 17.1 Å². The highest BCUT2D eigenvalue weighted by Gasteiger charge is 2.34.